The second-order valence-corrected chi connectivity index (χ2v) is 8.25. The van der Waals surface area contributed by atoms with Gasteiger partial charge in [-0.2, -0.15) is 0 Å². The van der Waals surface area contributed by atoms with Crippen LogP contribution < -0.4 is 0 Å². The summed E-state index contributed by atoms with van der Waals surface area (Å²) in [6.07, 6.45) is 1.25. The zero-order valence-electron chi connectivity index (χ0n) is 17.2. The average Bonchev–Trinajstić information content (AvgIpc) is 2.77. The van der Waals surface area contributed by atoms with Gasteiger partial charge in [0.1, 0.15) is 0 Å². The monoisotopic (exact) mass is 416 g/mol. The maximum Gasteiger partial charge on any atom is 0.253 e. The van der Waals surface area contributed by atoms with Crippen LogP contribution in [0.25, 0.3) is 32.8 Å². The molecule has 5 rings (SSSR count). The standard InChI is InChI=1S/C26H22F2N2O/c1-17-14-24-19(5-3-11-29-24)16-23(17)22-6-2-4-18-15-20(7-8-21(18)22)25(31)30-12-9-26(27,28)10-13-30/h2-8,11,14-16H,9-10,12-13H2,1H3. The second kappa shape index (κ2) is 7.41. The summed E-state index contributed by atoms with van der Waals surface area (Å²) >= 11 is 0. The van der Waals surface area contributed by atoms with Crippen LogP contribution in [0.1, 0.15) is 28.8 Å². The molecule has 4 aromatic rings. The van der Waals surface area contributed by atoms with Gasteiger partial charge in [0, 0.05) is 43.1 Å². The van der Waals surface area contributed by atoms with Gasteiger partial charge < -0.3 is 4.90 Å². The van der Waals surface area contributed by atoms with Gasteiger partial charge in [0.2, 0.25) is 0 Å². The third kappa shape index (κ3) is 3.65. The first kappa shape index (κ1) is 19.6. The average molecular weight is 416 g/mol. The van der Waals surface area contributed by atoms with Crippen molar-refractivity contribution >= 4 is 27.6 Å². The Kier molecular flexibility index (Phi) is 4.69. The van der Waals surface area contributed by atoms with Gasteiger partial charge in [0.05, 0.1) is 5.52 Å². The Morgan fingerprint density at radius 3 is 2.52 bits per heavy atom. The van der Waals surface area contributed by atoms with E-state index in [2.05, 4.69) is 36.2 Å². The molecule has 1 fully saturated rings. The Morgan fingerprint density at radius 1 is 0.935 bits per heavy atom. The van der Waals surface area contributed by atoms with Crippen LogP contribution >= 0.6 is 0 Å². The number of alkyl halides is 2. The number of carbonyl (C=O) groups excluding carboxylic acids is 1. The highest BCUT2D eigenvalue weighted by molar-refractivity contribution is 6.04. The van der Waals surface area contributed by atoms with Crippen molar-refractivity contribution < 1.29 is 13.6 Å². The van der Waals surface area contributed by atoms with E-state index in [9.17, 15) is 13.6 Å². The third-order valence-electron chi connectivity index (χ3n) is 6.15. The first-order valence-electron chi connectivity index (χ1n) is 10.5. The Morgan fingerprint density at radius 2 is 1.71 bits per heavy atom. The number of hydrogen-bond acceptors (Lipinski definition) is 2. The Labute approximate surface area is 179 Å². The highest BCUT2D eigenvalue weighted by atomic mass is 19.3. The molecular weight excluding hydrogens is 394 g/mol. The lowest BCUT2D eigenvalue weighted by atomic mass is 9.93. The van der Waals surface area contributed by atoms with E-state index in [-0.39, 0.29) is 31.8 Å². The lowest BCUT2D eigenvalue weighted by Crippen LogP contribution is -2.42. The number of carbonyl (C=O) groups is 1. The maximum atomic E-state index is 13.4. The molecule has 2 heterocycles. The quantitative estimate of drug-likeness (QED) is 0.388. The number of piperidine rings is 1. The van der Waals surface area contributed by atoms with Gasteiger partial charge in [-0.25, -0.2) is 8.78 Å². The molecular formula is C26H22F2N2O. The number of halogens is 2. The summed E-state index contributed by atoms with van der Waals surface area (Å²) in [6, 6.07) is 19.9. The van der Waals surface area contributed by atoms with E-state index in [1.807, 2.05) is 30.3 Å². The molecule has 0 bridgehead atoms. The molecule has 156 valence electrons. The largest absolute Gasteiger partial charge is 0.338 e. The maximum absolute atomic E-state index is 13.4. The van der Waals surface area contributed by atoms with Crippen LogP contribution in [0.3, 0.4) is 0 Å². The fraction of sp³-hybridized carbons (Fsp3) is 0.231. The molecule has 1 saturated heterocycles. The molecule has 31 heavy (non-hydrogen) atoms. The number of hydrogen-bond donors (Lipinski definition) is 0. The fourth-order valence-electron chi connectivity index (χ4n) is 4.39. The summed E-state index contributed by atoms with van der Waals surface area (Å²) < 4.78 is 26.9. The minimum absolute atomic E-state index is 0.0915. The number of rotatable bonds is 2. The molecule has 0 unspecified atom stereocenters. The van der Waals surface area contributed by atoms with Crippen LogP contribution in [-0.4, -0.2) is 34.8 Å². The molecule has 1 amide bonds. The van der Waals surface area contributed by atoms with E-state index in [1.165, 1.54) is 4.90 Å². The van der Waals surface area contributed by atoms with Gasteiger partial charge in [0.25, 0.3) is 11.8 Å². The number of nitrogens with zero attached hydrogens (tertiary/aromatic N) is 2. The van der Waals surface area contributed by atoms with Crippen molar-refractivity contribution in [2.24, 2.45) is 0 Å². The van der Waals surface area contributed by atoms with Crippen molar-refractivity contribution in [3.63, 3.8) is 0 Å². The van der Waals surface area contributed by atoms with Gasteiger partial charge in [-0.3, -0.25) is 9.78 Å². The molecule has 3 aromatic carbocycles. The number of benzene rings is 3. The number of amides is 1. The molecule has 0 saturated carbocycles. The highest BCUT2D eigenvalue weighted by Crippen LogP contribution is 2.34. The molecule has 5 heteroatoms. The van der Waals surface area contributed by atoms with Crippen molar-refractivity contribution in [2.45, 2.75) is 25.7 Å². The van der Waals surface area contributed by atoms with Crippen molar-refractivity contribution in [1.82, 2.24) is 9.88 Å². The molecule has 3 nitrogen and oxygen atoms in total. The first-order valence-corrected chi connectivity index (χ1v) is 10.5. The molecule has 0 atom stereocenters. The van der Waals surface area contributed by atoms with Crippen molar-refractivity contribution in [2.75, 3.05) is 13.1 Å². The van der Waals surface area contributed by atoms with Gasteiger partial charge in [0.15, 0.2) is 0 Å². The van der Waals surface area contributed by atoms with Gasteiger partial charge >= 0.3 is 0 Å². The zero-order chi connectivity index (χ0) is 21.6. The SMILES string of the molecule is Cc1cc2ncccc2cc1-c1cccc2cc(C(=O)N3CCC(F)(F)CC3)ccc12. The highest BCUT2D eigenvalue weighted by Gasteiger charge is 2.35. The number of aryl methyl sites for hydroxylation is 1. The Bertz CT molecular complexity index is 1310. The summed E-state index contributed by atoms with van der Waals surface area (Å²) in [5, 5.41) is 3.08. The van der Waals surface area contributed by atoms with Crippen LogP contribution in [0.15, 0.2) is 66.9 Å². The summed E-state index contributed by atoms with van der Waals surface area (Å²) in [7, 11) is 0. The number of aromatic nitrogens is 1. The van der Waals surface area contributed by atoms with E-state index in [1.54, 1.807) is 12.3 Å². The van der Waals surface area contributed by atoms with Crippen LogP contribution in [-0.2, 0) is 0 Å². The predicted molar refractivity (Wildman–Crippen MR) is 120 cm³/mol. The van der Waals surface area contributed by atoms with E-state index < -0.39 is 5.92 Å². The summed E-state index contributed by atoms with van der Waals surface area (Å²) in [5.74, 6) is -2.85. The molecule has 1 aliphatic heterocycles. The molecule has 0 spiro atoms. The van der Waals surface area contributed by atoms with E-state index >= 15 is 0 Å². The Hall–Kier alpha value is -3.34. The number of pyridine rings is 1. The van der Waals surface area contributed by atoms with Crippen molar-refractivity contribution in [3.05, 3.63) is 78.0 Å². The lowest BCUT2D eigenvalue weighted by molar-refractivity contribution is -0.0494. The summed E-state index contributed by atoms with van der Waals surface area (Å²) in [5.41, 5.74) is 4.85. The Balaban J connectivity index is 1.53. The summed E-state index contributed by atoms with van der Waals surface area (Å²) in [6.45, 7) is 2.26. The molecule has 0 N–H and O–H groups in total. The third-order valence-corrected chi connectivity index (χ3v) is 6.15. The second-order valence-electron chi connectivity index (χ2n) is 8.25. The van der Waals surface area contributed by atoms with Crippen LogP contribution in [0.4, 0.5) is 8.78 Å². The van der Waals surface area contributed by atoms with Gasteiger partial charge in [-0.1, -0.05) is 30.3 Å². The summed E-state index contributed by atoms with van der Waals surface area (Å²) in [4.78, 5) is 18.8. The van der Waals surface area contributed by atoms with Gasteiger partial charge in [-0.15, -0.1) is 0 Å². The minimum Gasteiger partial charge on any atom is -0.338 e. The van der Waals surface area contributed by atoms with Gasteiger partial charge in [-0.05, 0) is 64.7 Å². The molecule has 1 aromatic heterocycles. The van der Waals surface area contributed by atoms with Crippen LogP contribution in [0, 0.1) is 6.92 Å². The van der Waals surface area contributed by atoms with Crippen LogP contribution in [0.2, 0.25) is 0 Å². The fourth-order valence-corrected chi connectivity index (χ4v) is 4.39. The zero-order valence-corrected chi connectivity index (χ0v) is 17.2. The van der Waals surface area contributed by atoms with E-state index in [0.717, 1.165) is 38.4 Å². The lowest BCUT2D eigenvalue weighted by Gasteiger charge is -2.31. The molecule has 0 aliphatic carbocycles. The van der Waals surface area contributed by atoms with E-state index in [4.69, 9.17) is 0 Å². The van der Waals surface area contributed by atoms with Crippen molar-refractivity contribution in [1.29, 1.82) is 0 Å². The topological polar surface area (TPSA) is 33.2 Å². The number of fused-ring (bicyclic) bond motifs is 2. The smallest absolute Gasteiger partial charge is 0.253 e. The number of likely N-dealkylation sites (tertiary alicyclic amines) is 1. The predicted octanol–water partition coefficient (Wildman–Crippen LogP) is 6.23. The van der Waals surface area contributed by atoms with Crippen LogP contribution in [0.5, 0.6) is 0 Å². The molecule has 0 radical (unpaired) electrons. The first-order chi connectivity index (χ1) is 14.9. The normalized spacial score (nSPS) is 16.0. The van der Waals surface area contributed by atoms with Crippen molar-refractivity contribution in [3.8, 4) is 11.1 Å². The van der Waals surface area contributed by atoms with E-state index in [0.29, 0.717) is 5.56 Å². The minimum atomic E-state index is -2.66. The molecule has 1 aliphatic rings.